The molecule has 0 aromatic carbocycles. The number of hydrogen-bond acceptors (Lipinski definition) is 3. The molecule has 2 heterocycles. The molecule has 2 fully saturated rings. The predicted octanol–water partition coefficient (Wildman–Crippen LogP) is 1.53. The van der Waals surface area contributed by atoms with Crippen LogP contribution in [0.3, 0.4) is 0 Å². The van der Waals surface area contributed by atoms with Gasteiger partial charge in [0.15, 0.2) is 0 Å². The SMILES string of the molecule is CC(C)CN1CCC(CNC(=O)C2CCNC2)C1.Cl.Cl. The largest absolute Gasteiger partial charge is 0.355 e. The van der Waals surface area contributed by atoms with Crippen molar-refractivity contribution in [3.8, 4) is 0 Å². The fourth-order valence-corrected chi connectivity index (χ4v) is 3.03. The van der Waals surface area contributed by atoms with E-state index in [1.54, 1.807) is 0 Å². The van der Waals surface area contributed by atoms with Crippen molar-refractivity contribution in [2.75, 3.05) is 39.3 Å². The molecule has 2 saturated heterocycles. The van der Waals surface area contributed by atoms with E-state index in [9.17, 15) is 4.79 Å². The summed E-state index contributed by atoms with van der Waals surface area (Å²) in [5, 5.41) is 6.38. The van der Waals surface area contributed by atoms with Gasteiger partial charge in [0, 0.05) is 26.2 Å². The molecule has 2 unspecified atom stereocenters. The van der Waals surface area contributed by atoms with E-state index in [0.29, 0.717) is 5.92 Å². The number of halogens is 2. The molecular weight excluding hydrogens is 297 g/mol. The van der Waals surface area contributed by atoms with E-state index in [1.165, 1.54) is 19.5 Å². The number of nitrogens with one attached hydrogen (secondary N) is 2. The number of carbonyl (C=O) groups excluding carboxylic acids is 1. The van der Waals surface area contributed by atoms with Crippen LogP contribution in [-0.2, 0) is 4.79 Å². The van der Waals surface area contributed by atoms with E-state index in [0.717, 1.165) is 38.5 Å². The van der Waals surface area contributed by atoms with Crippen molar-refractivity contribution in [3.63, 3.8) is 0 Å². The van der Waals surface area contributed by atoms with E-state index >= 15 is 0 Å². The minimum atomic E-state index is 0. The molecule has 0 saturated carbocycles. The van der Waals surface area contributed by atoms with Crippen LogP contribution in [0.4, 0.5) is 0 Å². The summed E-state index contributed by atoms with van der Waals surface area (Å²) in [7, 11) is 0. The van der Waals surface area contributed by atoms with Gasteiger partial charge in [0.25, 0.3) is 0 Å². The van der Waals surface area contributed by atoms with Gasteiger partial charge in [-0.3, -0.25) is 4.79 Å². The average Bonchev–Trinajstić information content (AvgIpc) is 2.95. The Labute approximate surface area is 135 Å². The lowest BCUT2D eigenvalue weighted by Crippen LogP contribution is -2.36. The van der Waals surface area contributed by atoms with Crippen molar-refractivity contribution in [3.05, 3.63) is 0 Å². The second kappa shape index (κ2) is 9.82. The fraction of sp³-hybridized carbons (Fsp3) is 0.929. The first-order valence-electron chi connectivity index (χ1n) is 7.36. The molecule has 0 aromatic heterocycles. The van der Waals surface area contributed by atoms with Crippen molar-refractivity contribution in [1.82, 2.24) is 15.5 Å². The van der Waals surface area contributed by atoms with E-state index in [-0.39, 0.29) is 36.6 Å². The molecule has 2 rings (SSSR count). The van der Waals surface area contributed by atoms with Crippen molar-refractivity contribution in [2.45, 2.75) is 26.7 Å². The van der Waals surface area contributed by atoms with Crippen LogP contribution in [0.1, 0.15) is 26.7 Å². The van der Waals surface area contributed by atoms with Crippen LogP contribution >= 0.6 is 24.8 Å². The smallest absolute Gasteiger partial charge is 0.224 e. The maximum Gasteiger partial charge on any atom is 0.224 e. The Morgan fingerprint density at radius 3 is 2.70 bits per heavy atom. The highest BCUT2D eigenvalue weighted by atomic mass is 35.5. The molecule has 1 amide bonds. The first-order chi connectivity index (χ1) is 8.65. The second-order valence-electron chi connectivity index (χ2n) is 6.24. The van der Waals surface area contributed by atoms with Crippen LogP contribution in [0.25, 0.3) is 0 Å². The summed E-state index contributed by atoms with van der Waals surface area (Å²) in [6, 6.07) is 0. The molecule has 2 atom stereocenters. The molecular formula is C14H29Cl2N3O. The van der Waals surface area contributed by atoms with Crippen LogP contribution in [0.2, 0.25) is 0 Å². The number of nitrogens with zero attached hydrogens (tertiary/aromatic N) is 1. The van der Waals surface area contributed by atoms with Crippen molar-refractivity contribution in [2.24, 2.45) is 17.8 Å². The van der Waals surface area contributed by atoms with Gasteiger partial charge in [-0.2, -0.15) is 0 Å². The highest BCUT2D eigenvalue weighted by molar-refractivity contribution is 5.85. The summed E-state index contributed by atoms with van der Waals surface area (Å²) in [4.78, 5) is 14.4. The number of hydrogen-bond donors (Lipinski definition) is 2. The number of likely N-dealkylation sites (tertiary alicyclic amines) is 1. The third-order valence-electron chi connectivity index (χ3n) is 3.99. The van der Waals surface area contributed by atoms with Gasteiger partial charge < -0.3 is 15.5 Å². The van der Waals surface area contributed by atoms with Gasteiger partial charge in [-0.25, -0.2) is 0 Å². The zero-order valence-electron chi connectivity index (χ0n) is 12.6. The van der Waals surface area contributed by atoms with Crippen LogP contribution in [0.5, 0.6) is 0 Å². The first kappa shape index (κ1) is 20.0. The minimum Gasteiger partial charge on any atom is -0.355 e. The maximum atomic E-state index is 11.9. The number of amides is 1. The first-order valence-corrected chi connectivity index (χ1v) is 7.36. The maximum absolute atomic E-state index is 11.9. The van der Waals surface area contributed by atoms with Gasteiger partial charge in [-0.1, -0.05) is 13.8 Å². The molecule has 6 heteroatoms. The van der Waals surface area contributed by atoms with Gasteiger partial charge in [-0.15, -0.1) is 24.8 Å². The Morgan fingerprint density at radius 2 is 2.10 bits per heavy atom. The fourth-order valence-electron chi connectivity index (χ4n) is 3.03. The van der Waals surface area contributed by atoms with Gasteiger partial charge in [0.2, 0.25) is 5.91 Å². The summed E-state index contributed by atoms with van der Waals surface area (Å²) in [5.74, 6) is 1.85. The molecule has 0 aliphatic carbocycles. The molecule has 4 nitrogen and oxygen atoms in total. The Kier molecular flexibility index (Phi) is 9.81. The van der Waals surface area contributed by atoms with Crippen LogP contribution in [0.15, 0.2) is 0 Å². The van der Waals surface area contributed by atoms with Crippen LogP contribution in [-0.4, -0.2) is 50.1 Å². The summed E-state index contributed by atoms with van der Waals surface area (Å²) < 4.78 is 0. The molecule has 2 aliphatic rings. The molecule has 20 heavy (non-hydrogen) atoms. The normalized spacial score (nSPS) is 26.1. The summed E-state index contributed by atoms with van der Waals surface area (Å²) in [5.41, 5.74) is 0. The molecule has 120 valence electrons. The molecule has 0 bridgehead atoms. The van der Waals surface area contributed by atoms with Gasteiger partial charge in [0.1, 0.15) is 0 Å². The third-order valence-corrected chi connectivity index (χ3v) is 3.99. The molecule has 2 N–H and O–H groups in total. The van der Waals surface area contributed by atoms with Crippen molar-refractivity contribution in [1.29, 1.82) is 0 Å². The topological polar surface area (TPSA) is 44.4 Å². The standard InChI is InChI=1S/C14H27N3O.2ClH/c1-11(2)9-17-6-4-12(10-17)7-16-14(18)13-3-5-15-8-13;;/h11-13,15H,3-10H2,1-2H3,(H,16,18);2*1H. The van der Waals surface area contributed by atoms with Gasteiger partial charge in [0.05, 0.1) is 5.92 Å². The number of rotatable bonds is 5. The zero-order chi connectivity index (χ0) is 13.0. The predicted molar refractivity (Wildman–Crippen MR) is 87.9 cm³/mol. The summed E-state index contributed by atoms with van der Waals surface area (Å²) in [6.07, 6.45) is 2.23. The lowest BCUT2D eigenvalue weighted by Gasteiger charge is -2.18. The number of carbonyl (C=O) groups is 1. The molecule has 0 spiro atoms. The Balaban J connectivity index is 0.00000180. The molecule has 0 radical (unpaired) electrons. The third kappa shape index (κ3) is 6.17. The monoisotopic (exact) mass is 325 g/mol. The van der Waals surface area contributed by atoms with E-state index in [1.807, 2.05) is 0 Å². The highest BCUT2D eigenvalue weighted by Gasteiger charge is 2.26. The highest BCUT2D eigenvalue weighted by Crippen LogP contribution is 2.17. The quantitative estimate of drug-likeness (QED) is 0.805. The Bertz CT molecular complexity index is 284. The van der Waals surface area contributed by atoms with E-state index < -0.39 is 0 Å². The van der Waals surface area contributed by atoms with Crippen LogP contribution in [0, 0.1) is 17.8 Å². The Hall–Kier alpha value is -0.0300. The van der Waals surface area contributed by atoms with Crippen LogP contribution < -0.4 is 10.6 Å². The Morgan fingerprint density at radius 1 is 1.35 bits per heavy atom. The summed E-state index contributed by atoms with van der Waals surface area (Å²) >= 11 is 0. The lowest BCUT2D eigenvalue weighted by atomic mass is 10.1. The van der Waals surface area contributed by atoms with Crippen molar-refractivity contribution >= 4 is 30.7 Å². The minimum absolute atomic E-state index is 0. The summed E-state index contributed by atoms with van der Waals surface area (Å²) in [6.45, 7) is 10.8. The lowest BCUT2D eigenvalue weighted by molar-refractivity contribution is -0.124. The van der Waals surface area contributed by atoms with Gasteiger partial charge >= 0.3 is 0 Å². The molecule has 0 aromatic rings. The van der Waals surface area contributed by atoms with E-state index in [2.05, 4.69) is 29.4 Å². The second-order valence-corrected chi connectivity index (χ2v) is 6.24. The van der Waals surface area contributed by atoms with Gasteiger partial charge in [-0.05, 0) is 37.8 Å². The zero-order valence-corrected chi connectivity index (χ0v) is 14.2. The average molecular weight is 326 g/mol. The van der Waals surface area contributed by atoms with Crippen molar-refractivity contribution < 1.29 is 4.79 Å². The molecule has 2 aliphatic heterocycles. The van der Waals surface area contributed by atoms with E-state index in [4.69, 9.17) is 0 Å².